The van der Waals surface area contributed by atoms with Gasteiger partial charge in [0.2, 0.25) is 0 Å². The fourth-order valence-electron chi connectivity index (χ4n) is 5.22. The summed E-state index contributed by atoms with van der Waals surface area (Å²) in [6, 6.07) is 9.59. The van der Waals surface area contributed by atoms with Crippen molar-refractivity contribution in [3.8, 4) is 0 Å². The summed E-state index contributed by atoms with van der Waals surface area (Å²) in [6.07, 6.45) is 16.9. The lowest BCUT2D eigenvalue weighted by atomic mass is 9.89. The Kier molecular flexibility index (Phi) is 6.86. The largest absolute Gasteiger partial charge is 0.478 e. The van der Waals surface area contributed by atoms with Gasteiger partial charge >= 0.3 is 5.97 Å². The zero-order valence-corrected chi connectivity index (χ0v) is 20.2. The molecule has 3 aromatic rings. The molecule has 1 fully saturated rings. The van der Waals surface area contributed by atoms with Crippen LogP contribution >= 0.6 is 0 Å². The molecule has 0 bridgehead atoms. The number of fused-ring (bicyclic) bond motifs is 1. The maximum absolute atomic E-state index is 11.3. The van der Waals surface area contributed by atoms with Gasteiger partial charge in [0.1, 0.15) is 0 Å². The van der Waals surface area contributed by atoms with Gasteiger partial charge in [-0.1, -0.05) is 18.2 Å². The quantitative estimate of drug-likeness (QED) is 0.516. The molecule has 1 unspecified atom stereocenters. The van der Waals surface area contributed by atoms with Crippen LogP contribution in [0, 0.1) is 0 Å². The molecule has 2 aliphatic rings. The number of nitrogens with one attached hydrogen (secondary N) is 1. The van der Waals surface area contributed by atoms with Gasteiger partial charge in [-0.05, 0) is 74.0 Å². The minimum atomic E-state index is -0.887. The van der Waals surface area contributed by atoms with Gasteiger partial charge in [0.15, 0.2) is 0 Å². The number of pyridine rings is 1. The van der Waals surface area contributed by atoms with Crippen molar-refractivity contribution in [2.24, 2.45) is 0 Å². The normalized spacial score (nSPS) is 18.6. The lowest BCUT2D eigenvalue weighted by molar-refractivity contribution is 0.0697. The Balaban J connectivity index is 1.20. The van der Waals surface area contributed by atoms with E-state index in [0.717, 1.165) is 51.3 Å². The van der Waals surface area contributed by atoms with Crippen LogP contribution in [0.4, 0.5) is 5.69 Å². The molecule has 2 aromatic heterocycles. The van der Waals surface area contributed by atoms with E-state index in [0.29, 0.717) is 17.5 Å². The minimum absolute atomic E-state index is 0.298. The number of allylic oxidation sites excluding steroid dienone is 2. The van der Waals surface area contributed by atoms with Gasteiger partial charge < -0.3 is 24.8 Å². The van der Waals surface area contributed by atoms with Crippen LogP contribution in [-0.4, -0.2) is 64.8 Å². The molecule has 182 valence electrons. The van der Waals surface area contributed by atoms with Gasteiger partial charge in [-0.15, -0.1) is 0 Å². The van der Waals surface area contributed by atoms with E-state index in [1.807, 2.05) is 43.9 Å². The molecule has 1 atom stereocenters. The van der Waals surface area contributed by atoms with Crippen molar-refractivity contribution in [1.82, 2.24) is 19.8 Å². The molecule has 5 rings (SSSR count). The maximum Gasteiger partial charge on any atom is 0.335 e. The molecule has 4 heterocycles. The molecule has 7 nitrogen and oxygen atoms in total. The molecule has 0 aliphatic carbocycles. The smallest absolute Gasteiger partial charge is 0.335 e. The van der Waals surface area contributed by atoms with Crippen LogP contribution in [0.2, 0.25) is 0 Å². The second-order valence-corrected chi connectivity index (χ2v) is 9.54. The van der Waals surface area contributed by atoms with Crippen LogP contribution in [-0.2, 0) is 6.54 Å². The van der Waals surface area contributed by atoms with Crippen LogP contribution in [0.15, 0.2) is 73.4 Å². The van der Waals surface area contributed by atoms with Crippen molar-refractivity contribution in [1.29, 1.82) is 0 Å². The number of hydrogen-bond acceptors (Lipinski definition) is 5. The molecule has 0 amide bonds. The second-order valence-electron chi connectivity index (χ2n) is 9.54. The Hall–Kier alpha value is -3.58. The van der Waals surface area contributed by atoms with Gasteiger partial charge in [-0.2, -0.15) is 0 Å². The average molecular weight is 472 g/mol. The van der Waals surface area contributed by atoms with Gasteiger partial charge in [0.05, 0.1) is 17.1 Å². The van der Waals surface area contributed by atoms with Crippen molar-refractivity contribution in [2.75, 3.05) is 38.1 Å². The molecular formula is C28H33N5O2. The number of benzene rings is 1. The van der Waals surface area contributed by atoms with E-state index in [-0.39, 0.29) is 0 Å². The Morgan fingerprint density at radius 3 is 2.86 bits per heavy atom. The number of piperidine rings is 1. The summed E-state index contributed by atoms with van der Waals surface area (Å²) in [5.74, 6) is -0.346. The molecule has 2 aliphatic heterocycles. The summed E-state index contributed by atoms with van der Waals surface area (Å²) in [5.41, 5.74) is 3.95. The van der Waals surface area contributed by atoms with E-state index in [4.69, 9.17) is 0 Å². The fraction of sp³-hybridized carbons (Fsp3) is 0.357. The Bertz CT molecular complexity index is 1240. The number of aromatic carboxylic acids is 1. The predicted octanol–water partition coefficient (Wildman–Crippen LogP) is 4.09. The highest BCUT2D eigenvalue weighted by molar-refractivity contribution is 5.88. The number of carboxylic acid groups (broad SMARTS) is 1. The summed E-state index contributed by atoms with van der Waals surface area (Å²) in [5, 5.41) is 14.0. The topological polar surface area (TPSA) is 73.6 Å². The second kappa shape index (κ2) is 10.4. The molecular weight excluding hydrogens is 438 g/mol. The number of likely N-dealkylation sites (tertiary alicyclic amines) is 1. The van der Waals surface area contributed by atoms with Crippen LogP contribution in [0.5, 0.6) is 0 Å². The first kappa shape index (κ1) is 23.2. The molecule has 35 heavy (non-hydrogen) atoms. The molecule has 0 spiro atoms. The number of aromatic nitrogens is 2. The molecule has 1 aromatic carbocycles. The average Bonchev–Trinajstić information content (AvgIpc) is 3.26. The number of hydrogen-bond donors (Lipinski definition) is 2. The van der Waals surface area contributed by atoms with E-state index in [1.54, 1.807) is 12.1 Å². The maximum atomic E-state index is 11.3. The number of carboxylic acids is 1. The standard InChI is InChI=1S/C28H33N5O2/c1-31(24-7-4-5-22(17-24)28(34)35)15-16-32-13-9-21(10-14-32)26-20-33(19-23-6-2-3-11-30-23)27-8-12-29-18-25(26)27/h2-8,11-12,17-18,20-21,23,30H,9-10,13-16,19H2,1H3,(H,34,35). The van der Waals surface area contributed by atoms with Crippen LogP contribution < -0.4 is 10.2 Å². The number of dihydropyridines is 1. The monoisotopic (exact) mass is 471 g/mol. The van der Waals surface area contributed by atoms with Gasteiger partial charge in [0.25, 0.3) is 0 Å². The number of anilines is 1. The molecule has 2 N–H and O–H groups in total. The summed E-state index contributed by atoms with van der Waals surface area (Å²) >= 11 is 0. The molecule has 0 saturated carbocycles. The van der Waals surface area contributed by atoms with Crippen LogP contribution in [0.1, 0.15) is 34.7 Å². The molecule has 0 radical (unpaired) electrons. The number of likely N-dealkylation sites (N-methyl/N-ethyl adjacent to an activating group) is 1. The summed E-state index contributed by atoms with van der Waals surface area (Å²) in [7, 11) is 2.03. The number of nitrogens with zero attached hydrogens (tertiary/aromatic N) is 4. The lowest BCUT2D eigenvalue weighted by Gasteiger charge is -2.33. The van der Waals surface area contributed by atoms with Gasteiger partial charge in [-0.25, -0.2) is 4.79 Å². The highest BCUT2D eigenvalue weighted by Gasteiger charge is 2.24. The van der Waals surface area contributed by atoms with E-state index in [9.17, 15) is 9.90 Å². The fourth-order valence-corrected chi connectivity index (χ4v) is 5.22. The SMILES string of the molecule is CN(CCN1CCC(c2cn(CC3C=CC=CN3)c3ccncc23)CC1)c1cccc(C(=O)O)c1. The van der Waals surface area contributed by atoms with Crippen molar-refractivity contribution in [3.05, 3.63) is 84.5 Å². The lowest BCUT2D eigenvalue weighted by Crippen LogP contribution is -2.38. The predicted molar refractivity (Wildman–Crippen MR) is 140 cm³/mol. The van der Waals surface area contributed by atoms with E-state index < -0.39 is 5.97 Å². The minimum Gasteiger partial charge on any atom is -0.478 e. The zero-order valence-electron chi connectivity index (χ0n) is 20.2. The number of carbonyl (C=O) groups is 1. The van der Waals surface area contributed by atoms with Crippen molar-refractivity contribution >= 4 is 22.6 Å². The molecule has 7 heteroatoms. The third kappa shape index (κ3) is 5.25. The Morgan fingerprint density at radius 1 is 1.23 bits per heavy atom. The summed E-state index contributed by atoms with van der Waals surface area (Å²) in [4.78, 5) is 20.4. The van der Waals surface area contributed by atoms with Crippen LogP contribution in [0.25, 0.3) is 10.9 Å². The Labute approximate surface area is 206 Å². The first-order chi connectivity index (χ1) is 17.1. The van der Waals surface area contributed by atoms with Gasteiger partial charge in [0, 0.05) is 56.3 Å². The molecule has 1 saturated heterocycles. The third-order valence-electron chi connectivity index (χ3n) is 7.28. The third-order valence-corrected chi connectivity index (χ3v) is 7.28. The van der Waals surface area contributed by atoms with Crippen LogP contribution in [0.3, 0.4) is 0 Å². The van der Waals surface area contributed by atoms with Crippen molar-refractivity contribution in [3.63, 3.8) is 0 Å². The van der Waals surface area contributed by atoms with E-state index >= 15 is 0 Å². The number of rotatable bonds is 8. The zero-order chi connectivity index (χ0) is 24.2. The summed E-state index contributed by atoms with van der Waals surface area (Å²) in [6.45, 7) is 4.87. The van der Waals surface area contributed by atoms with Crippen molar-refractivity contribution < 1.29 is 9.90 Å². The highest BCUT2D eigenvalue weighted by atomic mass is 16.4. The van der Waals surface area contributed by atoms with Gasteiger partial charge in [-0.3, -0.25) is 4.98 Å². The summed E-state index contributed by atoms with van der Waals surface area (Å²) < 4.78 is 2.38. The highest BCUT2D eigenvalue weighted by Crippen LogP contribution is 2.34. The van der Waals surface area contributed by atoms with E-state index in [1.165, 1.54) is 16.5 Å². The van der Waals surface area contributed by atoms with E-state index in [2.05, 4.69) is 49.1 Å². The first-order valence-electron chi connectivity index (χ1n) is 12.4. The van der Waals surface area contributed by atoms with Crippen molar-refractivity contribution in [2.45, 2.75) is 31.3 Å². The Morgan fingerprint density at radius 2 is 2.09 bits per heavy atom. The first-order valence-corrected chi connectivity index (χ1v) is 12.4.